The number of benzene rings is 1. The van der Waals surface area contributed by atoms with Crippen LogP contribution in [0.15, 0.2) is 47.2 Å². The highest BCUT2D eigenvalue weighted by Gasteiger charge is 2.07. The first-order valence-electron chi connectivity index (χ1n) is 4.07. The Kier molecular flexibility index (Phi) is 2.45. The monoisotopic (exact) mass is 250 g/mol. The van der Waals surface area contributed by atoms with Gasteiger partial charge in [-0.15, -0.1) is 0 Å². The summed E-state index contributed by atoms with van der Waals surface area (Å²) in [4.78, 5) is 11.7. The highest BCUT2D eigenvalue weighted by atomic mass is 79.9. The normalized spacial score (nSPS) is 10.1. The number of hydrogen-bond donors (Lipinski definition) is 0. The van der Waals surface area contributed by atoms with E-state index < -0.39 is 0 Å². The maximum atomic E-state index is 11.7. The third kappa shape index (κ3) is 1.75. The predicted octanol–water partition coefficient (Wildman–Crippen LogP) is 2.33. The molecule has 2 rings (SSSR count). The van der Waals surface area contributed by atoms with Crippen LogP contribution >= 0.6 is 15.9 Å². The molecular formula is C10H7BrN2O. The Morgan fingerprint density at radius 3 is 2.57 bits per heavy atom. The largest absolute Gasteiger partial charge is 0.278 e. The van der Waals surface area contributed by atoms with Crippen LogP contribution in [0, 0.1) is 0 Å². The Labute approximate surface area is 89.5 Å². The second-order valence-corrected chi connectivity index (χ2v) is 3.69. The van der Waals surface area contributed by atoms with Crippen LogP contribution in [0.1, 0.15) is 10.4 Å². The van der Waals surface area contributed by atoms with Crippen LogP contribution in [-0.4, -0.2) is 15.7 Å². The van der Waals surface area contributed by atoms with Gasteiger partial charge in [-0.25, -0.2) is 4.68 Å². The van der Waals surface area contributed by atoms with Gasteiger partial charge >= 0.3 is 0 Å². The molecule has 0 saturated heterocycles. The fourth-order valence-electron chi connectivity index (χ4n) is 1.12. The average molecular weight is 251 g/mol. The van der Waals surface area contributed by atoms with Gasteiger partial charge in [0.15, 0.2) is 0 Å². The van der Waals surface area contributed by atoms with Gasteiger partial charge in [0.2, 0.25) is 0 Å². The molecule has 1 aromatic heterocycles. The van der Waals surface area contributed by atoms with Crippen molar-refractivity contribution in [1.82, 2.24) is 9.78 Å². The summed E-state index contributed by atoms with van der Waals surface area (Å²) in [6, 6.07) is 9.04. The number of rotatable bonds is 1. The molecule has 3 nitrogen and oxygen atoms in total. The van der Waals surface area contributed by atoms with Crippen molar-refractivity contribution < 1.29 is 4.79 Å². The van der Waals surface area contributed by atoms with E-state index in [2.05, 4.69) is 21.0 Å². The van der Waals surface area contributed by atoms with Crippen molar-refractivity contribution in [2.24, 2.45) is 0 Å². The topological polar surface area (TPSA) is 34.9 Å². The molecule has 0 bridgehead atoms. The zero-order valence-corrected chi connectivity index (χ0v) is 8.81. The first kappa shape index (κ1) is 9.15. The fourth-order valence-corrected chi connectivity index (χ4v) is 1.41. The van der Waals surface area contributed by atoms with Gasteiger partial charge in [-0.05, 0) is 28.1 Å². The van der Waals surface area contributed by atoms with Gasteiger partial charge in [0, 0.05) is 11.8 Å². The van der Waals surface area contributed by atoms with Crippen molar-refractivity contribution in [2.45, 2.75) is 0 Å². The molecule has 0 unspecified atom stereocenters. The lowest BCUT2D eigenvalue weighted by Crippen LogP contribution is -2.11. The van der Waals surface area contributed by atoms with Gasteiger partial charge in [0.05, 0.1) is 10.7 Å². The minimum absolute atomic E-state index is 0.128. The van der Waals surface area contributed by atoms with Crippen LogP contribution in [0.3, 0.4) is 0 Å². The van der Waals surface area contributed by atoms with Crippen molar-refractivity contribution in [3.63, 3.8) is 0 Å². The van der Waals surface area contributed by atoms with Gasteiger partial charge in [0.25, 0.3) is 5.91 Å². The molecule has 0 aliphatic heterocycles. The summed E-state index contributed by atoms with van der Waals surface area (Å²) in [5.41, 5.74) is 0.628. The van der Waals surface area contributed by atoms with Gasteiger partial charge in [-0.2, -0.15) is 5.10 Å². The quantitative estimate of drug-likeness (QED) is 0.779. The summed E-state index contributed by atoms with van der Waals surface area (Å²) >= 11 is 3.24. The van der Waals surface area contributed by atoms with E-state index in [1.54, 1.807) is 24.5 Å². The molecule has 1 heterocycles. The number of hydrogen-bond acceptors (Lipinski definition) is 2. The number of carbonyl (C=O) groups excluding carboxylic acids is 1. The van der Waals surface area contributed by atoms with Crippen LogP contribution in [0.5, 0.6) is 0 Å². The van der Waals surface area contributed by atoms with E-state index in [1.165, 1.54) is 4.68 Å². The maximum Gasteiger partial charge on any atom is 0.278 e. The third-order valence-electron chi connectivity index (χ3n) is 1.78. The van der Waals surface area contributed by atoms with Crippen LogP contribution in [0.25, 0.3) is 0 Å². The molecule has 2 aromatic rings. The molecule has 0 fully saturated rings. The van der Waals surface area contributed by atoms with Crippen molar-refractivity contribution in [2.75, 3.05) is 0 Å². The van der Waals surface area contributed by atoms with Crippen LogP contribution < -0.4 is 0 Å². The van der Waals surface area contributed by atoms with E-state index in [-0.39, 0.29) is 5.91 Å². The van der Waals surface area contributed by atoms with E-state index >= 15 is 0 Å². The first-order valence-corrected chi connectivity index (χ1v) is 4.86. The summed E-state index contributed by atoms with van der Waals surface area (Å²) in [5, 5.41) is 3.91. The third-order valence-corrected chi connectivity index (χ3v) is 2.19. The molecule has 0 aliphatic rings. The Morgan fingerprint density at radius 2 is 2.00 bits per heavy atom. The van der Waals surface area contributed by atoms with Crippen molar-refractivity contribution >= 4 is 21.8 Å². The number of halogens is 1. The Bertz CT molecular complexity index is 450. The first-order chi connectivity index (χ1) is 6.77. The van der Waals surface area contributed by atoms with Gasteiger partial charge in [-0.1, -0.05) is 18.2 Å². The van der Waals surface area contributed by atoms with E-state index in [1.807, 2.05) is 18.2 Å². The molecule has 0 spiro atoms. The van der Waals surface area contributed by atoms with Gasteiger partial charge in [0.1, 0.15) is 0 Å². The van der Waals surface area contributed by atoms with Crippen LogP contribution in [0.4, 0.5) is 0 Å². The molecule has 0 aliphatic carbocycles. The molecule has 0 saturated carbocycles. The molecule has 70 valence electrons. The predicted molar refractivity (Wildman–Crippen MR) is 56.1 cm³/mol. The van der Waals surface area contributed by atoms with E-state index in [9.17, 15) is 4.79 Å². The van der Waals surface area contributed by atoms with E-state index in [4.69, 9.17) is 0 Å². The van der Waals surface area contributed by atoms with E-state index in [0.29, 0.717) is 5.56 Å². The highest BCUT2D eigenvalue weighted by Crippen LogP contribution is 2.08. The van der Waals surface area contributed by atoms with Gasteiger partial charge < -0.3 is 0 Å². The molecule has 4 heteroatoms. The molecule has 0 N–H and O–H groups in total. The summed E-state index contributed by atoms with van der Waals surface area (Å²) in [6.45, 7) is 0. The Morgan fingerprint density at radius 1 is 1.29 bits per heavy atom. The minimum atomic E-state index is -0.128. The lowest BCUT2D eigenvalue weighted by atomic mass is 10.2. The zero-order valence-electron chi connectivity index (χ0n) is 7.22. The second-order valence-electron chi connectivity index (χ2n) is 2.77. The maximum absolute atomic E-state index is 11.7. The Balaban J connectivity index is 2.34. The minimum Gasteiger partial charge on any atom is -0.267 e. The van der Waals surface area contributed by atoms with Crippen LogP contribution in [-0.2, 0) is 0 Å². The molecule has 0 amide bonds. The summed E-state index contributed by atoms with van der Waals surface area (Å²) in [7, 11) is 0. The molecular weight excluding hydrogens is 244 g/mol. The molecule has 0 atom stereocenters. The second kappa shape index (κ2) is 3.75. The fraction of sp³-hybridized carbons (Fsp3) is 0. The smallest absolute Gasteiger partial charge is 0.267 e. The molecule has 1 aromatic carbocycles. The van der Waals surface area contributed by atoms with Crippen molar-refractivity contribution in [3.8, 4) is 0 Å². The Hall–Kier alpha value is -1.42. The standard InChI is InChI=1S/C10H7BrN2O/c11-9-6-12-13(7-9)10(14)8-4-2-1-3-5-8/h1-7H. The van der Waals surface area contributed by atoms with E-state index in [0.717, 1.165) is 4.47 Å². The zero-order chi connectivity index (χ0) is 9.97. The van der Waals surface area contributed by atoms with Crippen molar-refractivity contribution in [3.05, 3.63) is 52.8 Å². The van der Waals surface area contributed by atoms with Crippen LogP contribution in [0.2, 0.25) is 0 Å². The molecule has 0 radical (unpaired) electrons. The van der Waals surface area contributed by atoms with Gasteiger partial charge in [-0.3, -0.25) is 4.79 Å². The lowest BCUT2D eigenvalue weighted by molar-refractivity contribution is 0.0945. The van der Waals surface area contributed by atoms with Crippen molar-refractivity contribution in [1.29, 1.82) is 0 Å². The SMILES string of the molecule is O=C(c1ccccc1)n1cc(Br)cn1. The lowest BCUT2D eigenvalue weighted by Gasteiger charge is -1.98. The average Bonchev–Trinajstić information content (AvgIpc) is 2.65. The number of carbonyl (C=O) groups is 1. The summed E-state index contributed by atoms with van der Waals surface area (Å²) in [5.74, 6) is -0.128. The molecule has 14 heavy (non-hydrogen) atoms. The summed E-state index contributed by atoms with van der Waals surface area (Å²) in [6.07, 6.45) is 3.22. The number of nitrogens with zero attached hydrogens (tertiary/aromatic N) is 2. The summed E-state index contributed by atoms with van der Waals surface area (Å²) < 4.78 is 2.10. The highest BCUT2D eigenvalue weighted by molar-refractivity contribution is 9.10. The number of aromatic nitrogens is 2.